The van der Waals surface area contributed by atoms with Gasteiger partial charge < -0.3 is 19.9 Å². The van der Waals surface area contributed by atoms with Crippen LogP contribution in [0.25, 0.3) is 0 Å². The predicted molar refractivity (Wildman–Crippen MR) is 64.1 cm³/mol. The summed E-state index contributed by atoms with van der Waals surface area (Å²) in [6.07, 6.45) is 0. The Morgan fingerprint density at radius 2 is 1.94 bits per heavy atom. The van der Waals surface area contributed by atoms with Gasteiger partial charge in [-0.1, -0.05) is 0 Å². The molecule has 0 aliphatic rings. The molecule has 6 heteroatoms. The molecule has 1 aromatic rings. The Kier molecular flexibility index (Phi) is 4.53. The van der Waals surface area contributed by atoms with Crippen molar-refractivity contribution in [2.24, 2.45) is 0 Å². The maximum atomic E-state index is 11.9. The number of carboxylic acids is 1. The number of amides is 1. The molecule has 0 bridgehead atoms. The average Bonchev–Trinajstić information content (AvgIpc) is 2.37. The van der Waals surface area contributed by atoms with Crippen molar-refractivity contribution in [3.05, 3.63) is 23.8 Å². The van der Waals surface area contributed by atoms with Gasteiger partial charge in [-0.25, -0.2) is 0 Å². The topological polar surface area (TPSA) is 84.9 Å². The van der Waals surface area contributed by atoms with E-state index in [0.717, 1.165) is 0 Å². The van der Waals surface area contributed by atoms with Gasteiger partial charge >= 0.3 is 5.97 Å². The number of hydrogen-bond acceptors (Lipinski definition) is 4. The third-order valence-corrected chi connectivity index (χ3v) is 2.37. The van der Waals surface area contributed by atoms with Gasteiger partial charge in [0.05, 0.1) is 19.8 Å². The molecule has 6 nitrogen and oxygen atoms in total. The van der Waals surface area contributed by atoms with E-state index in [-0.39, 0.29) is 5.56 Å². The number of hydrogen-bond donors (Lipinski definition) is 2. The Bertz CT molecular complexity index is 458. The summed E-state index contributed by atoms with van der Waals surface area (Å²) >= 11 is 0. The van der Waals surface area contributed by atoms with E-state index in [1.165, 1.54) is 27.2 Å². The summed E-state index contributed by atoms with van der Waals surface area (Å²) in [6.45, 7) is 1.38. The zero-order chi connectivity index (χ0) is 13.7. The molecule has 2 N–H and O–H groups in total. The second-order valence-electron chi connectivity index (χ2n) is 3.60. The highest BCUT2D eigenvalue weighted by atomic mass is 16.5. The Morgan fingerprint density at radius 3 is 2.44 bits per heavy atom. The normalized spacial score (nSPS) is 11.5. The lowest BCUT2D eigenvalue weighted by molar-refractivity contribution is -0.138. The number of carboxylic acid groups (broad SMARTS) is 1. The van der Waals surface area contributed by atoms with Crippen molar-refractivity contribution in [3.63, 3.8) is 0 Å². The maximum absolute atomic E-state index is 11.9. The van der Waals surface area contributed by atoms with Crippen LogP contribution in [-0.2, 0) is 4.79 Å². The van der Waals surface area contributed by atoms with Gasteiger partial charge in [0.15, 0.2) is 0 Å². The van der Waals surface area contributed by atoms with Crippen molar-refractivity contribution in [1.29, 1.82) is 0 Å². The van der Waals surface area contributed by atoms with E-state index < -0.39 is 17.9 Å². The van der Waals surface area contributed by atoms with Gasteiger partial charge in [0.1, 0.15) is 17.5 Å². The first-order chi connectivity index (χ1) is 8.49. The van der Waals surface area contributed by atoms with Crippen LogP contribution in [0.1, 0.15) is 17.3 Å². The monoisotopic (exact) mass is 253 g/mol. The van der Waals surface area contributed by atoms with Crippen LogP contribution in [0, 0.1) is 0 Å². The number of benzene rings is 1. The first-order valence-electron chi connectivity index (χ1n) is 5.25. The molecule has 1 aromatic carbocycles. The van der Waals surface area contributed by atoms with Crippen LogP contribution in [-0.4, -0.2) is 37.2 Å². The van der Waals surface area contributed by atoms with E-state index in [1.807, 2.05) is 0 Å². The van der Waals surface area contributed by atoms with Gasteiger partial charge in [-0.3, -0.25) is 9.59 Å². The minimum atomic E-state index is -1.11. The summed E-state index contributed by atoms with van der Waals surface area (Å²) in [7, 11) is 2.91. The van der Waals surface area contributed by atoms with Crippen molar-refractivity contribution in [2.45, 2.75) is 13.0 Å². The Hall–Kier alpha value is -2.24. The first-order valence-corrected chi connectivity index (χ1v) is 5.25. The van der Waals surface area contributed by atoms with Crippen molar-refractivity contribution in [2.75, 3.05) is 14.2 Å². The second kappa shape index (κ2) is 5.90. The zero-order valence-electron chi connectivity index (χ0n) is 10.4. The Morgan fingerprint density at radius 1 is 1.28 bits per heavy atom. The first kappa shape index (κ1) is 13.8. The summed E-state index contributed by atoms with van der Waals surface area (Å²) in [5.41, 5.74) is 0.227. The van der Waals surface area contributed by atoms with E-state index in [0.29, 0.717) is 11.5 Å². The van der Waals surface area contributed by atoms with Gasteiger partial charge in [0.25, 0.3) is 5.91 Å². The molecular weight excluding hydrogens is 238 g/mol. The third kappa shape index (κ3) is 3.13. The smallest absolute Gasteiger partial charge is 0.325 e. The highest BCUT2D eigenvalue weighted by Gasteiger charge is 2.18. The molecule has 0 fully saturated rings. The zero-order valence-corrected chi connectivity index (χ0v) is 10.4. The fourth-order valence-electron chi connectivity index (χ4n) is 1.33. The van der Waals surface area contributed by atoms with Crippen LogP contribution < -0.4 is 14.8 Å². The summed E-state index contributed by atoms with van der Waals surface area (Å²) < 4.78 is 10.0. The molecule has 0 aliphatic heterocycles. The summed E-state index contributed by atoms with van der Waals surface area (Å²) in [5, 5.41) is 11.1. The van der Waals surface area contributed by atoms with E-state index >= 15 is 0 Å². The van der Waals surface area contributed by atoms with Gasteiger partial charge in [-0.15, -0.1) is 0 Å². The molecule has 0 aromatic heterocycles. The van der Waals surface area contributed by atoms with Crippen molar-refractivity contribution >= 4 is 11.9 Å². The van der Waals surface area contributed by atoms with Gasteiger partial charge in [-0.05, 0) is 25.1 Å². The maximum Gasteiger partial charge on any atom is 0.325 e. The molecule has 0 radical (unpaired) electrons. The van der Waals surface area contributed by atoms with Crippen LogP contribution >= 0.6 is 0 Å². The molecule has 0 unspecified atom stereocenters. The molecule has 0 saturated heterocycles. The highest BCUT2D eigenvalue weighted by Crippen LogP contribution is 2.23. The minimum absolute atomic E-state index is 0.227. The number of nitrogens with one attached hydrogen (secondary N) is 1. The van der Waals surface area contributed by atoms with E-state index in [4.69, 9.17) is 14.6 Å². The van der Waals surface area contributed by atoms with E-state index in [9.17, 15) is 9.59 Å². The summed E-state index contributed by atoms with van der Waals surface area (Å²) in [4.78, 5) is 22.6. The number of carbonyl (C=O) groups is 2. The average molecular weight is 253 g/mol. The summed E-state index contributed by atoms with van der Waals surface area (Å²) in [6, 6.07) is 3.74. The minimum Gasteiger partial charge on any atom is -0.497 e. The number of rotatable bonds is 5. The fourth-order valence-corrected chi connectivity index (χ4v) is 1.33. The number of aliphatic carboxylic acids is 1. The SMILES string of the molecule is COc1ccc(OC)c(C(=O)N[C@H](C)C(=O)O)c1. The molecule has 0 aliphatic carbocycles. The van der Waals surface area contributed by atoms with Crippen LogP contribution in [0.5, 0.6) is 11.5 Å². The van der Waals surface area contributed by atoms with Crippen LogP contribution in [0.15, 0.2) is 18.2 Å². The molecule has 0 spiro atoms. The van der Waals surface area contributed by atoms with Crippen molar-refractivity contribution in [3.8, 4) is 11.5 Å². The molecule has 1 amide bonds. The molecular formula is C12H15NO5. The number of carbonyl (C=O) groups excluding carboxylic acids is 1. The molecule has 1 atom stereocenters. The Balaban J connectivity index is 2.99. The van der Waals surface area contributed by atoms with Gasteiger partial charge in [-0.2, -0.15) is 0 Å². The standard InChI is InChI=1S/C12H15NO5/c1-7(12(15)16)13-11(14)9-6-8(17-2)4-5-10(9)18-3/h4-7H,1-3H3,(H,13,14)(H,15,16)/t7-/m1/s1. The van der Waals surface area contributed by atoms with Gasteiger partial charge in [0, 0.05) is 0 Å². The lowest BCUT2D eigenvalue weighted by atomic mass is 10.1. The molecule has 18 heavy (non-hydrogen) atoms. The van der Waals surface area contributed by atoms with E-state index in [2.05, 4.69) is 5.32 Å². The van der Waals surface area contributed by atoms with Gasteiger partial charge in [0.2, 0.25) is 0 Å². The highest BCUT2D eigenvalue weighted by molar-refractivity contribution is 5.99. The summed E-state index contributed by atoms with van der Waals surface area (Å²) in [5.74, 6) is -0.791. The quantitative estimate of drug-likeness (QED) is 0.814. The fraction of sp³-hybridized carbons (Fsp3) is 0.333. The third-order valence-electron chi connectivity index (χ3n) is 2.37. The Labute approximate surface area is 105 Å². The van der Waals surface area contributed by atoms with Crippen molar-refractivity contribution < 1.29 is 24.2 Å². The second-order valence-corrected chi connectivity index (χ2v) is 3.60. The molecule has 0 saturated carbocycles. The number of ether oxygens (including phenoxy) is 2. The van der Waals surface area contributed by atoms with E-state index in [1.54, 1.807) is 12.1 Å². The van der Waals surface area contributed by atoms with Crippen LogP contribution in [0.3, 0.4) is 0 Å². The number of methoxy groups -OCH3 is 2. The molecule has 0 heterocycles. The lowest BCUT2D eigenvalue weighted by Crippen LogP contribution is -2.38. The van der Waals surface area contributed by atoms with Crippen LogP contribution in [0.4, 0.5) is 0 Å². The molecule has 1 rings (SSSR count). The molecule has 98 valence electrons. The van der Waals surface area contributed by atoms with Crippen LogP contribution in [0.2, 0.25) is 0 Å². The largest absolute Gasteiger partial charge is 0.497 e. The van der Waals surface area contributed by atoms with Crippen molar-refractivity contribution in [1.82, 2.24) is 5.32 Å². The lowest BCUT2D eigenvalue weighted by Gasteiger charge is -2.12. The predicted octanol–water partition coefficient (Wildman–Crippen LogP) is 0.907.